The van der Waals surface area contributed by atoms with Crippen LogP contribution < -0.4 is 5.43 Å². The third-order valence-electron chi connectivity index (χ3n) is 4.86. The lowest BCUT2D eigenvalue weighted by atomic mass is 10.1. The number of aryl methyl sites for hydroxylation is 2. The Kier molecular flexibility index (Phi) is 5.46. The van der Waals surface area contributed by atoms with Crippen molar-refractivity contribution < 1.29 is 14.3 Å². The van der Waals surface area contributed by atoms with E-state index in [9.17, 15) is 14.7 Å². The third-order valence-corrected chi connectivity index (χ3v) is 4.86. The molecule has 1 atom stereocenters. The van der Waals surface area contributed by atoms with Crippen molar-refractivity contribution >= 4 is 16.8 Å². The SMILES string of the molecule is CC[C@H](CO)N(Cc1ccco1)C(=O)c1cn(C)c2ccc(C)cc2c1=O. The Morgan fingerprint density at radius 1 is 1.33 bits per heavy atom. The van der Waals surface area contributed by atoms with Crippen LogP contribution in [0.3, 0.4) is 0 Å². The van der Waals surface area contributed by atoms with E-state index in [1.807, 2.05) is 33.0 Å². The standard InChI is InChI=1S/C21H24N2O4/c1-4-15(13-24)23(11-16-6-5-9-27-16)21(26)18-12-22(3)19-8-7-14(2)10-17(19)20(18)25/h5-10,12,15,24H,4,11,13H2,1-3H3/t15-/m1/s1. The number of aliphatic hydroxyl groups is 1. The van der Waals surface area contributed by atoms with Crippen molar-refractivity contribution in [1.29, 1.82) is 0 Å². The number of hydrogen-bond acceptors (Lipinski definition) is 4. The van der Waals surface area contributed by atoms with E-state index in [2.05, 4.69) is 0 Å². The van der Waals surface area contributed by atoms with Gasteiger partial charge in [0.2, 0.25) is 5.43 Å². The van der Waals surface area contributed by atoms with Crippen LogP contribution >= 0.6 is 0 Å². The lowest BCUT2D eigenvalue weighted by Gasteiger charge is -2.29. The normalized spacial score (nSPS) is 12.3. The molecule has 0 aliphatic heterocycles. The fourth-order valence-electron chi connectivity index (χ4n) is 3.30. The molecule has 0 unspecified atom stereocenters. The predicted octanol–water partition coefficient (Wildman–Crippen LogP) is 2.85. The highest BCUT2D eigenvalue weighted by Crippen LogP contribution is 2.17. The molecule has 6 nitrogen and oxygen atoms in total. The number of carbonyl (C=O) groups is 1. The molecule has 27 heavy (non-hydrogen) atoms. The fraction of sp³-hybridized carbons (Fsp3) is 0.333. The molecule has 0 saturated carbocycles. The van der Waals surface area contributed by atoms with Crippen molar-refractivity contribution in [2.24, 2.45) is 7.05 Å². The highest BCUT2D eigenvalue weighted by molar-refractivity contribution is 5.97. The van der Waals surface area contributed by atoms with Gasteiger partial charge in [0.1, 0.15) is 11.3 Å². The van der Waals surface area contributed by atoms with Crippen LogP contribution in [0.4, 0.5) is 0 Å². The zero-order valence-corrected chi connectivity index (χ0v) is 15.8. The maximum atomic E-state index is 13.3. The van der Waals surface area contributed by atoms with Gasteiger partial charge in [-0.1, -0.05) is 18.6 Å². The molecule has 142 valence electrons. The number of carbonyl (C=O) groups excluding carboxylic acids is 1. The van der Waals surface area contributed by atoms with Crippen LogP contribution in [0.5, 0.6) is 0 Å². The number of amides is 1. The second-order valence-electron chi connectivity index (χ2n) is 6.76. The van der Waals surface area contributed by atoms with Gasteiger partial charge < -0.3 is 19.0 Å². The van der Waals surface area contributed by atoms with E-state index in [0.717, 1.165) is 11.1 Å². The topological polar surface area (TPSA) is 75.7 Å². The van der Waals surface area contributed by atoms with E-state index in [-0.39, 0.29) is 24.1 Å². The van der Waals surface area contributed by atoms with E-state index in [4.69, 9.17) is 4.42 Å². The number of benzene rings is 1. The first kappa shape index (κ1) is 18.9. The number of nitrogens with zero attached hydrogens (tertiary/aromatic N) is 2. The van der Waals surface area contributed by atoms with Gasteiger partial charge in [-0.15, -0.1) is 0 Å². The average molecular weight is 368 g/mol. The Hall–Kier alpha value is -2.86. The van der Waals surface area contributed by atoms with Crippen LogP contribution in [0.2, 0.25) is 0 Å². The molecule has 3 aromatic rings. The summed E-state index contributed by atoms with van der Waals surface area (Å²) in [5.74, 6) is 0.194. The lowest BCUT2D eigenvalue weighted by Crippen LogP contribution is -2.43. The number of hydrogen-bond donors (Lipinski definition) is 1. The van der Waals surface area contributed by atoms with E-state index in [1.165, 1.54) is 11.2 Å². The van der Waals surface area contributed by atoms with Gasteiger partial charge in [-0.2, -0.15) is 0 Å². The molecule has 0 fully saturated rings. The lowest BCUT2D eigenvalue weighted by molar-refractivity contribution is 0.0543. The smallest absolute Gasteiger partial charge is 0.260 e. The molecule has 1 N–H and O–H groups in total. The zero-order valence-electron chi connectivity index (χ0n) is 15.8. The molecule has 0 radical (unpaired) electrons. The van der Waals surface area contributed by atoms with Gasteiger partial charge in [0.15, 0.2) is 0 Å². The minimum Gasteiger partial charge on any atom is -0.467 e. The maximum absolute atomic E-state index is 13.3. The molecule has 1 amide bonds. The largest absolute Gasteiger partial charge is 0.467 e. The van der Waals surface area contributed by atoms with Crippen LogP contribution in [-0.4, -0.2) is 33.1 Å². The number of rotatable bonds is 6. The second-order valence-corrected chi connectivity index (χ2v) is 6.76. The first-order valence-corrected chi connectivity index (χ1v) is 9.00. The van der Waals surface area contributed by atoms with Gasteiger partial charge in [0.25, 0.3) is 5.91 Å². The highest BCUT2D eigenvalue weighted by Gasteiger charge is 2.27. The minimum atomic E-state index is -0.406. The van der Waals surface area contributed by atoms with E-state index < -0.39 is 11.9 Å². The molecule has 3 rings (SSSR count). The molecule has 2 aromatic heterocycles. The van der Waals surface area contributed by atoms with Crippen LogP contribution in [0, 0.1) is 6.92 Å². The maximum Gasteiger partial charge on any atom is 0.260 e. The number of fused-ring (bicyclic) bond motifs is 1. The quantitative estimate of drug-likeness (QED) is 0.726. The van der Waals surface area contributed by atoms with Gasteiger partial charge in [-0.05, 0) is 37.6 Å². The van der Waals surface area contributed by atoms with Crippen molar-refractivity contribution in [2.45, 2.75) is 32.9 Å². The zero-order chi connectivity index (χ0) is 19.6. The summed E-state index contributed by atoms with van der Waals surface area (Å²) >= 11 is 0. The summed E-state index contributed by atoms with van der Waals surface area (Å²) in [5, 5.41) is 10.3. The number of aromatic nitrogens is 1. The van der Waals surface area contributed by atoms with Gasteiger partial charge >= 0.3 is 0 Å². The summed E-state index contributed by atoms with van der Waals surface area (Å²) in [5.41, 5.74) is 1.52. The Morgan fingerprint density at radius 2 is 2.11 bits per heavy atom. The summed E-state index contributed by atoms with van der Waals surface area (Å²) in [4.78, 5) is 27.8. The molecular weight excluding hydrogens is 344 g/mol. The monoisotopic (exact) mass is 368 g/mol. The number of furan rings is 1. The second kappa shape index (κ2) is 7.80. The molecule has 0 aliphatic rings. The molecule has 2 heterocycles. The van der Waals surface area contributed by atoms with Crippen molar-refractivity contribution in [1.82, 2.24) is 9.47 Å². The summed E-state index contributed by atoms with van der Waals surface area (Å²) in [6, 6.07) is 8.73. The van der Waals surface area contributed by atoms with Crippen LogP contribution in [0.1, 0.15) is 35.0 Å². The van der Waals surface area contributed by atoms with Crippen LogP contribution in [0.25, 0.3) is 10.9 Å². The third kappa shape index (κ3) is 3.66. The predicted molar refractivity (Wildman–Crippen MR) is 104 cm³/mol. The molecule has 0 bridgehead atoms. The summed E-state index contributed by atoms with van der Waals surface area (Å²) in [6.45, 7) is 3.82. The Morgan fingerprint density at radius 3 is 2.74 bits per heavy atom. The van der Waals surface area contributed by atoms with E-state index >= 15 is 0 Å². The number of aliphatic hydroxyl groups excluding tert-OH is 1. The van der Waals surface area contributed by atoms with Crippen molar-refractivity contribution in [3.8, 4) is 0 Å². The van der Waals surface area contributed by atoms with Gasteiger partial charge in [0.05, 0.1) is 31.0 Å². The van der Waals surface area contributed by atoms with Crippen LogP contribution in [0.15, 0.2) is 52.0 Å². The fourth-order valence-corrected chi connectivity index (χ4v) is 3.30. The Bertz CT molecular complexity index is 1000. The number of pyridine rings is 1. The van der Waals surface area contributed by atoms with Crippen LogP contribution in [-0.2, 0) is 13.6 Å². The summed E-state index contributed by atoms with van der Waals surface area (Å²) < 4.78 is 7.16. The summed E-state index contributed by atoms with van der Waals surface area (Å²) in [6.07, 6.45) is 3.67. The van der Waals surface area contributed by atoms with Crippen molar-refractivity contribution in [2.75, 3.05) is 6.61 Å². The average Bonchev–Trinajstić information content (AvgIpc) is 3.17. The Balaban J connectivity index is 2.10. The molecular formula is C21H24N2O4. The van der Waals surface area contributed by atoms with Gasteiger partial charge in [-0.25, -0.2) is 0 Å². The minimum absolute atomic E-state index is 0.0917. The van der Waals surface area contributed by atoms with E-state index in [1.54, 1.807) is 29.0 Å². The molecule has 0 saturated heterocycles. The summed E-state index contributed by atoms with van der Waals surface area (Å²) in [7, 11) is 1.81. The van der Waals surface area contributed by atoms with Gasteiger partial charge in [-0.3, -0.25) is 9.59 Å². The molecule has 6 heteroatoms. The first-order chi connectivity index (χ1) is 13.0. The van der Waals surface area contributed by atoms with Crippen molar-refractivity contribution in [3.05, 3.63) is 69.9 Å². The molecule has 0 aliphatic carbocycles. The molecule has 0 spiro atoms. The molecule has 1 aromatic carbocycles. The van der Waals surface area contributed by atoms with Crippen molar-refractivity contribution in [3.63, 3.8) is 0 Å². The van der Waals surface area contributed by atoms with Gasteiger partial charge in [0, 0.05) is 18.6 Å². The Labute approximate surface area is 157 Å². The first-order valence-electron chi connectivity index (χ1n) is 9.00. The van der Waals surface area contributed by atoms with E-state index in [0.29, 0.717) is 17.6 Å². The highest BCUT2D eigenvalue weighted by atomic mass is 16.3.